The van der Waals surface area contributed by atoms with E-state index in [4.69, 9.17) is 28.2 Å². The normalized spacial score (nSPS) is 12.0. The first-order chi connectivity index (χ1) is 29.9. The highest BCUT2D eigenvalue weighted by Gasteiger charge is 2.20. The third-order valence-corrected chi connectivity index (χ3v) is 13.1. The number of thiazole rings is 2. The molecule has 0 saturated carbocycles. The fourth-order valence-electron chi connectivity index (χ4n) is 6.22. The second kappa shape index (κ2) is 19.9. The fourth-order valence-corrected chi connectivity index (χ4v) is 9.80. The molecule has 0 spiro atoms. The monoisotopic (exact) mass is 951 g/mol. The maximum atomic E-state index is 12.1. The van der Waals surface area contributed by atoms with Crippen LogP contribution in [0.5, 0.6) is 0 Å². The van der Waals surface area contributed by atoms with Crippen LogP contribution < -0.4 is 20.4 Å². The Morgan fingerprint density at radius 2 is 1.23 bits per heavy atom. The molecule has 4 N–H and O–H groups in total. The van der Waals surface area contributed by atoms with E-state index in [1.54, 1.807) is 12.1 Å². The molecule has 322 valence electrons. The minimum atomic E-state index is -4.61. The summed E-state index contributed by atoms with van der Waals surface area (Å²) < 4.78 is 35.3. The number of hydrogen-bond acceptors (Lipinski definition) is 19. The van der Waals surface area contributed by atoms with Gasteiger partial charge in [-0.1, -0.05) is 57.6 Å². The van der Waals surface area contributed by atoms with Crippen molar-refractivity contribution in [1.82, 2.24) is 24.9 Å². The van der Waals surface area contributed by atoms with E-state index in [1.807, 2.05) is 42.5 Å². The third-order valence-electron chi connectivity index (χ3n) is 9.16. The SMILES string of the molecule is CCN(CC)c1ccc(/N=N/c2nc3ccc(Cl)cc3s2)c(Nc2nc(Nc3cc(N(CC)CC)ccc3/N=N/c3nc4c(S(=O)(=O)O)cc(Cl)cc4s3)nc(SCCO)n2)c1. The van der Waals surface area contributed by atoms with Gasteiger partial charge in [-0.15, -0.1) is 20.5 Å². The van der Waals surface area contributed by atoms with Gasteiger partial charge in [-0.2, -0.15) is 23.4 Å². The largest absolute Gasteiger partial charge is 0.396 e. The molecule has 7 aromatic rings. The molecule has 0 aliphatic carbocycles. The standard InChI is InChI=1S/C39H39Cl2N13O4S4/c1-5-53(6-2)24-10-13-26(49-51-38-44-28-12-9-22(40)17-31(28)60-38)29(20-24)42-35-46-36(48-37(47-35)59-16-15-55)43-30-21-25(54(7-3)8-4)11-14-27(30)50-52-39-45-34-32(61-39)18-23(41)19-33(34)62(56,57)58/h9-14,17-21,55H,5-8,15-16H2,1-4H3,(H,56,57,58)(H2,42,43,46,47,48)/b51-49+,52-50+. The van der Waals surface area contributed by atoms with E-state index >= 15 is 0 Å². The molecule has 0 radical (unpaired) electrons. The molecule has 3 aromatic heterocycles. The summed E-state index contributed by atoms with van der Waals surface area (Å²) in [5.74, 6) is 0.688. The number of aromatic nitrogens is 5. The van der Waals surface area contributed by atoms with E-state index in [0.717, 1.165) is 65.2 Å². The van der Waals surface area contributed by atoms with Gasteiger partial charge in [0.15, 0.2) is 5.16 Å². The summed E-state index contributed by atoms with van der Waals surface area (Å²) in [6.07, 6.45) is 0. The molecule has 0 fully saturated rings. The van der Waals surface area contributed by atoms with Crippen LogP contribution in [0.3, 0.4) is 0 Å². The van der Waals surface area contributed by atoms with Crippen molar-refractivity contribution < 1.29 is 18.1 Å². The second-order valence-electron chi connectivity index (χ2n) is 13.1. The lowest BCUT2D eigenvalue weighted by Crippen LogP contribution is -2.21. The number of fused-ring (bicyclic) bond motifs is 2. The Morgan fingerprint density at radius 3 is 1.77 bits per heavy atom. The maximum Gasteiger partial charge on any atom is 0.296 e. The first kappa shape index (κ1) is 44.9. The van der Waals surface area contributed by atoms with Crippen LogP contribution in [0.4, 0.5) is 56.3 Å². The van der Waals surface area contributed by atoms with E-state index in [9.17, 15) is 18.1 Å². The molecule has 0 bridgehead atoms. The fraction of sp³-hybridized carbons (Fsp3) is 0.256. The quantitative estimate of drug-likeness (QED) is 0.0357. The third kappa shape index (κ3) is 10.7. The number of nitrogens with zero attached hydrogens (tertiary/aromatic N) is 11. The lowest BCUT2D eigenvalue weighted by Gasteiger charge is -2.22. The molecule has 3 heterocycles. The van der Waals surface area contributed by atoms with Crippen molar-refractivity contribution in [2.24, 2.45) is 20.5 Å². The van der Waals surface area contributed by atoms with Crippen molar-refractivity contribution in [3.63, 3.8) is 0 Å². The van der Waals surface area contributed by atoms with Gasteiger partial charge in [0.25, 0.3) is 10.1 Å². The van der Waals surface area contributed by atoms with Crippen LogP contribution in [0.15, 0.2) is 97.2 Å². The Labute approximate surface area is 379 Å². The van der Waals surface area contributed by atoms with Crippen LogP contribution in [0.1, 0.15) is 27.7 Å². The van der Waals surface area contributed by atoms with Crippen LogP contribution in [0.2, 0.25) is 10.0 Å². The molecule has 0 amide bonds. The molecular weight excluding hydrogens is 914 g/mol. The number of anilines is 6. The lowest BCUT2D eigenvalue weighted by molar-refractivity contribution is 0.322. The smallest absolute Gasteiger partial charge is 0.296 e. The Kier molecular flexibility index (Phi) is 14.4. The number of aliphatic hydroxyl groups excluding tert-OH is 1. The molecule has 4 aromatic carbocycles. The summed E-state index contributed by atoms with van der Waals surface area (Å²) in [5, 5.41) is 35.9. The van der Waals surface area contributed by atoms with Crippen LogP contribution in [-0.4, -0.2) is 81.5 Å². The minimum Gasteiger partial charge on any atom is -0.396 e. The average Bonchev–Trinajstić information content (AvgIpc) is 3.85. The first-order valence-corrected chi connectivity index (χ1v) is 24.0. The molecule has 0 atom stereocenters. The number of halogens is 2. The van der Waals surface area contributed by atoms with Gasteiger partial charge in [-0.05, 0) is 94.4 Å². The molecule has 0 unspecified atom stereocenters. The number of hydrogen-bond donors (Lipinski definition) is 4. The highest BCUT2D eigenvalue weighted by atomic mass is 35.5. The summed E-state index contributed by atoms with van der Waals surface area (Å²) in [5.41, 5.74) is 4.60. The summed E-state index contributed by atoms with van der Waals surface area (Å²) in [4.78, 5) is 27.0. The van der Waals surface area contributed by atoms with Gasteiger partial charge in [0.05, 0.1) is 32.9 Å². The van der Waals surface area contributed by atoms with Crippen LogP contribution in [0.25, 0.3) is 20.4 Å². The predicted molar refractivity (Wildman–Crippen MR) is 252 cm³/mol. The Morgan fingerprint density at radius 1 is 0.677 bits per heavy atom. The van der Waals surface area contributed by atoms with Crippen LogP contribution >= 0.6 is 57.6 Å². The molecule has 17 nitrogen and oxygen atoms in total. The van der Waals surface area contributed by atoms with Crippen LogP contribution in [-0.2, 0) is 10.1 Å². The number of nitrogens with one attached hydrogen (secondary N) is 2. The first-order valence-electron chi connectivity index (χ1n) is 19.2. The van der Waals surface area contributed by atoms with Crippen LogP contribution in [0, 0.1) is 0 Å². The molecule has 23 heteroatoms. The van der Waals surface area contributed by atoms with Crippen molar-refractivity contribution in [2.45, 2.75) is 37.7 Å². The Bertz CT molecular complexity index is 2910. The van der Waals surface area contributed by atoms with Crippen molar-refractivity contribution >= 4 is 144 Å². The number of rotatable bonds is 18. The van der Waals surface area contributed by atoms with Gasteiger partial charge < -0.3 is 25.5 Å². The Hall–Kier alpha value is -5.13. The molecule has 0 aliphatic heterocycles. The number of azo groups is 2. The summed E-state index contributed by atoms with van der Waals surface area (Å²) >= 11 is 16.0. The topological polar surface area (TPSA) is 219 Å². The van der Waals surface area contributed by atoms with E-state index < -0.39 is 15.0 Å². The number of thioether (sulfide) groups is 1. The number of benzene rings is 4. The van der Waals surface area contributed by atoms with Crippen molar-refractivity contribution in [3.8, 4) is 0 Å². The second-order valence-corrected chi connectivity index (χ2v) is 18.4. The zero-order chi connectivity index (χ0) is 44.0. The average molecular weight is 953 g/mol. The van der Waals surface area contributed by atoms with Gasteiger partial charge in [0.1, 0.15) is 21.8 Å². The van der Waals surface area contributed by atoms with E-state index in [1.165, 1.54) is 29.2 Å². The van der Waals surface area contributed by atoms with Crippen molar-refractivity contribution in [2.75, 3.05) is 59.0 Å². The summed E-state index contributed by atoms with van der Waals surface area (Å²) in [7, 11) is -4.61. The van der Waals surface area contributed by atoms with Gasteiger partial charge in [-0.3, -0.25) is 4.55 Å². The molecular formula is C39H39Cl2N13O4S4. The van der Waals surface area contributed by atoms with E-state index in [0.29, 0.717) is 48.5 Å². The molecule has 0 aliphatic rings. The number of aliphatic hydroxyl groups is 1. The highest BCUT2D eigenvalue weighted by molar-refractivity contribution is 7.99. The van der Waals surface area contributed by atoms with E-state index in [2.05, 4.69) is 88.5 Å². The molecule has 0 saturated heterocycles. The predicted octanol–water partition coefficient (Wildman–Crippen LogP) is 11.7. The maximum absolute atomic E-state index is 12.1. The summed E-state index contributed by atoms with van der Waals surface area (Å²) in [6.45, 7) is 11.2. The lowest BCUT2D eigenvalue weighted by atomic mass is 10.2. The highest BCUT2D eigenvalue weighted by Crippen LogP contribution is 2.39. The summed E-state index contributed by atoms with van der Waals surface area (Å²) in [6, 6.07) is 19.5. The van der Waals surface area contributed by atoms with Crippen molar-refractivity contribution in [3.05, 3.63) is 76.8 Å². The zero-order valence-electron chi connectivity index (χ0n) is 33.6. The van der Waals surface area contributed by atoms with Crippen molar-refractivity contribution in [1.29, 1.82) is 0 Å². The molecule has 62 heavy (non-hydrogen) atoms. The molecule has 7 rings (SSSR count). The Balaban J connectivity index is 1.26. The van der Waals surface area contributed by atoms with Gasteiger partial charge in [0, 0.05) is 53.4 Å². The zero-order valence-corrected chi connectivity index (χ0v) is 38.4. The minimum absolute atomic E-state index is 0.0265. The van der Waals surface area contributed by atoms with E-state index in [-0.39, 0.29) is 34.2 Å². The van der Waals surface area contributed by atoms with Gasteiger partial charge in [-0.25, -0.2) is 9.97 Å². The van der Waals surface area contributed by atoms with Gasteiger partial charge in [0.2, 0.25) is 22.2 Å². The van der Waals surface area contributed by atoms with Gasteiger partial charge >= 0.3 is 0 Å².